The van der Waals surface area contributed by atoms with Crippen molar-refractivity contribution in [2.24, 2.45) is 0 Å². The largest absolute Gasteiger partial charge is 0.396 e. The molecule has 80 valence electrons. The zero-order valence-electron chi connectivity index (χ0n) is 9.03. The molecule has 0 amide bonds. The highest BCUT2D eigenvalue weighted by Gasteiger charge is 2.09. The Hall–Kier alpha value is -1.35. The second kappa shape index (κ2) is 4.03. The van der Waals surface area contributed by atoms with Gasteiger partial charge in [-0.2, -0.15) is 0 Å². The van der Waals surface area contributed by atoms with Crippen LogP contribution < -0.4 is 0 Å². The molecule has 0 bridgehead atoms. The van der Waals surface area contributed by atoms with Gasteiger partial charge in [-0.15, -0.1) is 0 Å². The van der Waals surface area contributed by atoms with E-state index in [1.807, 2.05) is 12.1 Å². The van der Waals surface area contributed by atoms with Gasteiger partial charge in [0.1, 0.15) is 0 Å². The summed E-state index contributed by atoms with van der Waals surface area (Å²) in [5.41, 5.74) is 2.89. The first-order valence-electron chi connectivity index (χ1n) is 5.21. The molecule has 3 heteroatoms. The van der Waals surface area contributed by atoms with Crippen LogP contribution in [-0.4, -0.2) is 16.9 Å². The van der Waals surface area contributed by atoms with Gasteiger partial charge in [-0.1, -0.05) is 25.1 Å². The molecule has 0 aliphatic rings. The minimum atomic E-state index is 0.105. The van der Waals surface area contributed by atoms with E-state index < -0.39 is 0 Å². The quantitative estimate of drug-likeness (QED) is 0.837. The predicted molar refractivity (Wildman–Crippen MR) is 58.9 cm³/mol. The lowest BCUT2D eigenvalue weighted by Gasteiger charge is -2.03. The highest BCUT2D eigenvalue weighted by atomic mass is 16.5. The summed E-state index contributed by atoms with van der Waals surface area (Å²) < 4.78 is 5.23. The maximum Gasteiger partial charge on any atom is 0.167 e. The zero-order valence-corrected chi connectivity index (χ0v) is 9.03. The van der Waals surface area contributed by atoms with E-state index in [9.17, 15) is 0 Å². The SMILES string of the molecule is CC(C)c1ccc2c(CCO)noc2c1. The Morgan fingerprint density at radius 1 is 1.40 bits per heavy atom. The minimum Gasteiger partial charge on any atom is -0.396 e. The first-order valence-corrected chi connectivity index (χ1v) is 5.21. The lowest BCUT2D eigenvalue weighted by atomic mass is 10.0. The third kappa shape index (κ3) is 1.88. The molecule has 0 spiro atoms. The van der Waals surface area contributed by atoms with E-state index in [0.717, 1.165) is 16.7 Å². The Morgan fingerprint density at radius 3 is 2.87 bits per heavy atom. The lowest BCUT2D eigenvalue weighted by molar-refractivity contribution is 0.295. The van der Waals surface area contributed by atoms with Crippen molar-refractivity contribution in [1.29, 1.82) is 0 Å². The molecule has 0 saturated carbocycles. The molecule has 15 heavy (non-hydrogen) atoms. The Labute approximate surface area is 88.7 Å². The first-order chi connectivity index (χ1) is 7.22. The summed E-state index contributed by atoms with van der Waals surface area (Å²) >= 11 is 0. The predicted octanol–water partition coefficient (Wildman–Crippen LogP) is 2.49. The molecule has 0 aliphatic heterocycles. The van der Waals surface area contributed by atoms with Crippen LogP contribution in [0.1, 0.15) is 31.0 Å². The summed E-state index contributed by atoms with van der Waals surface area (Å²) in [7, 11) is 0. The van der Waals surface area contributed by atoms with Gasteiger partial charge in [-0.3, -0.25) is 0 Å². The van der Waals surface area contributed by atoms with Gasteiger partial charge in [0, 0.05) is 18.4 Å². The van der Waals surface area contributed by atoms with Crippen molar-refractivity contribution >= 4 is 11.0 Å². The van der Waals surface area contributed by atoms with Crippen LogP contribution in [0.3, 0.4) is 0 Å². The number of aliphatic hydroxyl groups excluding tert-OH is 1. The van der Waals surface area contributed by atoms with Crippen molar-refractivity contribution < 1.29 is 9.63 Å². The number of rotatable bonds is 3. The molecule has 0 fully saturated rings. The molecule has 0 aliphatic carbocycles. The van der Waals surface area contributed by atoms with Gasteiger partial charge in [0.25, 0.3) is 0 Å². The number of hydrogen-bond donors (Lipinski definition) is 1. The summed E-state index contributed by atoms with van der Waals surface area (Å²) in [5.74, 6) is 0.487. The zero-order chi connectivity index (χ0) is 10.8. The van der Waals surface area contributed by atoms with Gasteiger partial charge in [0.05, 0.1) is 5.69 Å². The minimum absolute atomic E-state index is 0.105. The van der Waals surface area contributed by atoms with Crippen molar-refractivity contribution in [3.8, 4) is 0 Å². The summed E-state index contributed by atoms with van der Waals surface area (Å²) in [4.78, 5) is 0. The number of hydrogen-bond acceptors (Lipinski definition) is 3. The van der Waals surface area contributed by atoms with E-state index in [1.165, 1.54) is 5.56 Å². The Kier molecular flexibility index (Phi) is 2.73. The molecule has 1 aromatic heterocycles. The van der Waals surface area contributed by atoms with Gasteiger partial charge in [-0.05, 0) is 23.6 Å². The summed E-state index contributed by atoms with van der Waals surface area (Å²) in [6.07, 6.45) is 0.550. The van der Waals surface area contributed by atoms with Crippen LogP contribution in [0.5, 0.6) is 0 Å². The standard InChI is InChI=1S/C12H15NO2/c1-8(2)9-3-4-10-11(5-6-14)13-15-12(10)7-9/h3-4,7-8,14H,5-6H2,1-2H3. The van der Waals surface area contributed by atoms with Gasteiger partial charge >= 0.3 is 0 Å². The van der Waals surface area contributed by atoms with E-state index in [2.05, 4.69) is 25.1 Å². The molecule has 1 N–H and O–H groups in total. The monoisotopic (exact) mass is 205 g/mol. The van der Waals surface area contributed by atoms with Gasteiger partial charge in [0.2, 0.25) is 0 Å². The van der Waals surface area contributed by atoms with E-state index in [-0.39, 0.29) is 6.61 Å². The smallest absolute Gasteiger partial charge is 0.167 e. The van der Waals surface area contributed by atoms with Crippen molar-refractivity contribution in [3.63, 3.8) is 0 Å². The second-order valence-electron chi connectivity index (χ2n) is 4.01. The molecule has 1 heterocycles. The van der Waals surface area contributed by atoms with Crippen molar-refractivity contribution in [1.82, 2.24) is 5.16 Å². The fourth-order valence-corrected chi connectivity index (χ4v) is 1.65. The normalized spacial score (nSPS) is 11.5. The number of benzene rings is 1. The maximum atomic E-state index is 8.86. The highest BCUT2D eigenvalue weighted by molar-refractivity contribution is 5.80. The highest BCUT2D eigenvalue weighted by Crippen LogP contribution is 2.23. The van der Waals surface area contributed by atoms with Crippen LogP contribution in [-0.2, 0) is 6.42 Å². The molecule has 3 nitrogen and oxygen atoms in total. The molecular formula is C12H15NO2. The molecule has 2 aromatic rings. The summed E-state index contributed by atoms with van der Waals surface area (Å²) in [6.45, 7) is 4.39. The fraction of sp³-hybridized carbons (Fsp3) is 0.417. The van der Waals surface area contributed by atoms with Crippen LogP contribution in [0.15, 0.2) is 22.7 Å². The van der Waals surface area contributed by atoms with E-state index in [4.69, 9.17) is 9.63 Å². The molecule has 0 atom stereocenters. The number of aliphatic hydroxyl groups is 1. The fourth-order valence-electron chi connectivity index (χ4n) is 1.65. The topological polar surface area (TPSA) is 46.3 Å². The number of aromatic nitrogens is 1. The van der Waals surface area contributed by atoms with Crippen molar-refractivity contribution in [2.45, 2.75) is 26.2 Å². The Morgan fingerprint density at radius 2 is 2.20 bits per heavy atom. The van der Waals surface area contributed by atoms with Gasteiger partial charge in [-0.25, -0.2) is 0 Å². The maximum absolute atomic E-state index is 8.86. The van der Waals surface area contributed by atoms with Crippen LogP contribution in [0, 0.1) is 0 Å². The average Bonchev–Trinajstić information content (AvgIpc) is 2.61. The van der Waals surface area contributed by atoms with Crippen LogP contribution >= 0.6 is 0 Å². The third-order valence-electron chi connectivity index (χ3n) is 2.59. The number of fused-ring (bicyclic) bond motifs is 1. The molecule has 0 saturated heterocycles. The molecular weight excluding hydrogens is 190 g/mol. The van der Waals surface area contributed by atoms with Gasteiger partial charge in [0.15, 0.2) is 5.58 Å². The van der Waals surface area contributed by atoms with Crippen LogP contribution in [0.25, 0.3) is 11.0 Å². The van der Waals surface area contributed by atoms with E-state index in [0.29, 0.717) is 12.3 Å². The van der Waals surface area contributed by atoms with Gasteiger partial charge < -0.3 is 9.63 Å². The third-order valence-corrected chi connectivity index (χ3v) is 2.59. The van der Waals surface area contributed by atoms with E-state index in [1.54, 1.807) is 0 Å². The summed E-state index contributed by atoms with van der Waals surface area (Å²) in [6, 6.07) is 6.13. The number of nitrogens with zero attached hydrogens (tertiary/aromatic N) is 1. The molecule has 2 rings (SSSR count). The lowest BCUT2D eigenvalue weighted by Crippen LogP contribution is -1.91. The Balaban J connectivity index is 2.47. The van der Waals surface area contributed by atoms with E-state index >= 15 is 0 Å². The second-order valence-corrected chi connectivity index (χ2v) is 4.01. The summed E-state index contributed by atoms with van der Waals surface area (Å²) in [5, 5.41) is 13.8. The molecule has 0 radical (unpaired) electrons. The Bertz CT molecular complexity index is 460. The first kappa shape index (κ1) is 10.2. The van der Waals surface area contributed by atoms with Crippen molar-refractivity contribution in [3.05, 3.63) is 29.5 Å². The average molecular weight is 205 g/mol. The van der Waals surface area contributed by atoms with Crippen molar-refractivity contribution in [2.75, 3.05) is 6.61 Å². The van der Waals surface area contributed by atoms with Crippen LogP contribution in [0.2, 0.25) is 0 Å². The molecule has 1 aromatic carbocycles. The molecule has 0 unspecified atom stereocenters. The van der Waals surface area contributed by atoms with Crippen LogP contribution in [0.4, 0.5) is 0 Å².